The van der Waals surface area contributed by atoms with E-state index in [9.17, 15) is 9.59 Å². The maximum atomic E-state index is 11.7. The molecule has 0 aromatic rings. The Kier molecular flexibility index (Phi) is 6.54. The molecule has 0 saturated heterocycles. The maximum absolute atomic E-state index is 11.7. The Balaban J connectivity index is 4.31. The summed E-state index contributed by atoms with van der Waals surface area (Å²) in [4.78, 5) is 23.2. The van der Waals surface area contributed by atoms with E-state index in [0.717, 1.165) is 12.8 Å². The van der Waals surface area contributed by atoms with Crippen molar-refractivity contribution in [2.75, 3.05) is 6.61 Å². The fourth-order valence-corrected chi connectivity index (χ4v) is 0.973. The first-order chi connectivity index (χ1) is 7.85. The fraction of sp³-hybridized carbons (Fsp3) is 0.692. The van der Waals surface area contributed by atoms with Crippen LogP contribution in [0.15, 0.2) is 12.2 Å². The van der Waals surface area contributed by atoms with Crippen LogP contribution in [0, 0.1) is 0 Å². The molecule has 4 heteroatoms. The van der Waals surface area contributed by atoms with E-state index in [-0.39, 0.29) is 0 Å². The molecule has 0 spiro atoms. The van der Waals surface area contributed by atoms with Crippen LogP contribution in [0.4, 0.5) is 0 Å². The van der Waals surface area contributed by atoms with Crippen molar-refractivity contribution in [2.45, 2.75) is 52.6 Å². The van der Waals surface area contributed by atoms with Crippen molar-refractivity contribution < 1.29 is 19.1 Å². The van der Waals surface area contributed by atoms with Crippen molar-refractivity contribution in [3.8, 4) is 0 Å². The largest absolute Gasteiger partial charge is 0.463 e. The molecule has 0 aromatic heterocycles. The second kappa shape index (κ2) is 7.09. The minimum Gasteiger partial charge on any atom is -0.463 e. The van der Waals surface area contributed by atoms with Gasteiger partial charge in [0.1, 0.15) is 0 Å². The predicted molar refractivity (Wildman–Crippen MR) is 65.5 cm³/mol. The molecule has 0 fully saturated rings. The van der Waals surface area contributed by atoms with Crippen LogP contribution < -0.4 is 0 Å². The summed E-state index contributed by atoms with van der Waals surface area (Å²) in [5, 5.41) is 0. The molecule has 4 nitrogen and oxygen atoms in total. The minimum atomic E-state index is -1.26. The highest BCUT2D eigenvalue weighted by Gasteiger charge is 2.34. The zero-order valence-corrected chi connectivity index (χ0v) is 11.2. The quantitative estimate of drug-likeness (QED) is 0.391. The van der Waals surface area contributed by atoms with Gasteiger partial charge >= 0.3 is 11.9 Å². The second-order valence-electron chi connectivity index (χ2n) is 4.35. The van der Waals surface area contributed by atoms with Gasteiger partial charge in [0.05, 0.1) is 6.61 Å². The highest BCUT2D eigenvalue weighted by molar-refractivity contribution is 5.91. The van der Waals surface area contributed by atoms with E-state index >= 15 is 0 Å². The fourth-order valence-electron chi connectivity index (χ4n) is 0.973. The van der Waals surface area contributed by atoms with Crippen molar-refractivity contribution in [3.05, 3.63) is 12.2 Å². The molecule has 17 heavy (non-hydrogen) atoms. The van der Waals surface area contributed by atoms with Crippen molar-refractivity contribution in [2.24, 2.45) is 0 Å². The number of ether oxygens (including phenoxy) is 2. The zero-order chi connectivity index (χ0) is 13.5. The molecule has 0 bridgehead atoms. The molecule has 0 heterocycles. The molecule has 0 saturated carbocycles. The van der Waals surface area contributed by atoms with E-state index in [2.05, 4.69) is 6.58 Å². The Morgan fingerprint density at radius 2 is 1.82 bits per heavy atom. The summed E-state index contributed by atoms with van der Waals surface area (Å²) < 4.78 is 10.1. The van der Waals surface area contributed by atoms with E-state index in [1.54, 1.807) is 6.92 Å². The third kappa shape index (κ3) is 5.52. The van der Waals surface area contributed by atoms with Gasteiger partial charge in [-0.2, -0.15) is 0 Å². The van der Waals surface area contributed by atoms with Gasteiger partial charge in [-0.3, -0.25) is 0 Å². The van der Waals surface area contributed by atoms with Gasteiger partial charge < -0.3 is 9.47 Å². The minimum absolute atomic E-state index is 0.347. The van der Waals surface area contributed by atoms with E-state index in [0.29, 0.717) is 18.6 Å². The number of carbonyl (C=O) groups excluding carboxylic acids is 2. The molecular weight excluding hydrogens is 220 g/mol. The first-order valence-electron chi connectivity index (χ1n) is 5.93. The number of unbranched alkanes of at least 4 members (excludes halogenated alkanes) is 1. The lowest BCUT2D eigenvalue weighted by Gasteiger charge is -2.23. The van der Waals surface area contributed by atoms with Crippen molar-refractivity contribution in [1.29, 1.82) is 0 Å². The van der Waals surface area contributed by atoms with Crippen LogP contribution in [-0.4, -0.2) is 24.1 Å². The van der Waals surface area contributed by atoms with Gasteiger partial charge in [0.2, 0.25) is 5.60 Å². The lowest BCUT2D eigenvalue weighted by atomic mass is 10.1. The third-order valence-corrected chi connectivity index (χ3v) is 2.29. The summed E-state index contributed by atoms with van der Waals surface area (Å²) in [6, 6.07) is 0. The van der Waals surface area contributed by atoms with Crippen LogP contribution in [-0.2, 0) is 19.1 Å². The predicted octanol–water partition coefficient (Wildman–Crippen LogP) is 2.62. The molecule has 0 rings (SSSR count). The van der Waals surface area contributed by atoms with Crippen LogP contribution in [0.5, 0.6) is 0 Å². The highest BCUT2D eigenvalue weighted by atomic mass is 16.6. The van der Waals surface area contributed by atoms with E-state index < -0.39 is 17.5 Å². The van der Waals surface area contributed by atoms with Gasteiger partial charge in [0.15, 0.2) is 0 Å². The summed E-state index contributed by atoms with van der Waals surface area (Å²) in [5.74, 6) is -1.08. The normalized spacial score (nSPS) is 10.8. The average molecular weight is 242 g/mol. The number of esters is 2. The molecule has 0 aliphatic rings. The number of rotatable bonds is 7. The molecular formula is C13H22O4. The average Bonchev–Trinajstić information content (AvgIpc) is 2.27. The SMILES string of the molecule is C=C(CC)C(=O)OC(C)(C)C(=O)OCCCC. The molecule has 0 N–H and O–H groups in total. The van der Waals surface area contributed by atoms with Crippen LogP contribution in [0.1, 0.15) is 47.0 Å². The van der Waals surface area contributed by atoms with Crippen LogP contribution in [0.3, 0.4) is 0 Å². The molecule has 0 amide bonds. The van der Waals surface area contributed by atoms with E-state index in [1.807, 2.05) is 6.92 Å². The first kappa shape index (κ1) is 15.7. The van der Waals surface area contributed by atoms with Crippen molar-refractivity contribution in [1.82, 2.24) is 0 Å². The molecule has 0 aromatic carbocycles. The monoisotopic (exact) mass is 242 g/mol. The first-order valence-corrected chi connectivity index (χ1v) is 5.93. The van der Waals surface area contributed by atoms with Crippen LogP contribution in [0.25, 0.3) is 0 Å². The van der Waals surface area contributed by atoms with Crippen LogP contribution >= 0.6 is 0 Å². The van der Waals surface area contributed by atoms with Gasteiger partial charge in [-0.05, 0) is 26.7 Å². The van der Waals surface area contributed by atoms with E-state index in [4.69, 9.17) is 9.47 Å². The van der Waals surface area contributed by atoms with Gasteiger partial charge in [-0.15, -0.1) is 0 Å². The smallest absolute Gasteiger partial charge is 0.350 e. The van der Waals surface area contributed by atoms with Crippen molar-refractivity contribution >= 4 is 11.9 Å². The summed E-state index contributed by atoms with van der Waals surface area (Å²) in [5.41, 5.74) is -0.914. The van der Waals surface area contributed by atoms with Gasteiger partial charge in [0, 0.05) is 5.57 Å². The topological polar surface area (TPSA) is 52.6 Å². The molecule has 0 radical (unpaired) electrons. The summed E-state index contributed by atoms with van der Waals surface area (Å²) in [6.45, 7) is 10.8. The zero-order valence-electron chi connectivity index (χ0n) is 11.2. The van der Waals surface area contributed by atoms with Crippen molar-refractivity contribution in [3.63, 3.8) is 0 Å². The number of hydrogen-bond donors (Lipinski definition) is 0. The Labute approximate surface area is 103 Å². The van der Waals surface area contributed by atoms with Crippen LogP contribution in [0.2, 0.25) is 0 Å². The van der Waals surface area contributed by atoms with Gasteiger partial charge in [-0.25, -0.2) is 9.59 Å². The summed E-state index contributed by atoms with van der Waals surface area (Å²) >= 11 is 0. The van der Waals surface area contributed by atoms with Gasteiger partial charge in [0.25, 0.3) is 0 Å². The Bertz CT molecular complexity index is 292. The summed E-state index contributed by atoms with van der Waals surface area (Å²) in [7, 11) is 0. The van der Waals surface area contributed by atoms with Gasteiger partial charge in [-0.1, -0.05) is 26.8 Å². The summed E-state index contributed by atoms with van der Waals surface area (Å²) in [6.07, 6.45) is 2.25. The maximum Gasteiger partial charge on any atom is 0.350 e. The third-order valence-electron chi connectivity index (χ3n) is 2.29. The number of hydrogen-bond acceptors (Lipinski definition) is 4. The second-order valence-corrected chi connectivity index (χ2v) is 4.35. The molecule has 0 aliphatic heterocycles. The molecule has 0 aliphatic carbocycles. The molecule has 0 unspecified atom stereocenters. The lowest BCUT2D eigenvalue weighted by Crippen LogP contribution is -2.39. The molecule has 98 valence electrons. The standard InChI is InChI=1S/C13H22O4/c1-6-8-9-16-12(15)13(4,5)17-11(14)10(3)7-2/h3,6-9H2,1-2,4-5H3. The number of carbonyl (C=O) groups is 2. The van der Waals surface area contributed by atoms with E-state index in [1.165, 1.54) is 13.8 Å². The Hall–Kier alpha value is -1.32. The highest BCUT2D eigenvalue weighted by Crippen LogP contribution is 2.15. The molecule has 0 atom stereocenters. The lowest BCUT2D eigenvalue weighted by molar-refractivity contribution is -0.176. The Morgan fingerprint density at radius 3 is 2.29 bits per heavy atom. The Morgan fingerprint density at radius 1 is 1.24 bits per heavy atom.